The van der Waals surface area contributed by atoms with E-state index in [0.717, 1.165) is 16.7 Å². The summed E-state index contributed by atoms with van der Waals surface area (Å²) in [5, 5.41) is 18.3. The first-order valence-corrected chi connectivity index (χ1v) is 9.86. The van der Waals surface area contributed by atoms with Gasteiger partial charge in [-0.2, -0.15) is 5.10 Å². The molecule has 0 aliphatic carbocycles. The van der Waals surface area contributed by atoms with Crippen LogP contribution in [0.3, 0.4) is 0 Å². The van der Waals surface area contributed by atoms with E-state index in [-0.39, 0.29) is 29.2 Å². The number of methoxy groups -OCH3 is 2. The number of hydrogen-bond acceptors (Lipinski definition) is 5. The zero-order valence-corrected chi connectivity index (χ0v) is 17.8. The molecule has 4 rings (SSSR count). The van der Waals surface area contributed by atoms with Gasteiger partial charge in [0.15, 0.2) is 11.5 Å². The van der Waals surface area contributed by atoms with Gasteiger partial charge in [-0.15, -0.1) is 0 Å². The second kappa shape index (κ2) is 7.57. The Bertz CT molecular complexity index is 1080. The van der Waals surface area contributed by atoms with Crippen molar-refractivity contribution < 1.29 is 19.4 Å². The summed E-state index contributed by atoms with van der Waals surface area (Å²) >= 11 is 6.04. The SMILES string of the molecule is COc1cc(C2c3c(-c4ccc(Cl)cc4)n[nH]c3C(=O)N2C(C)C)cc(OC)c1O. The number of ether oxygens (including phenoxy) is 2. The van der Waals surface area contributed by atoms with Crippen LogP contribution in [0.1, 0.15) is 41.5 Å². The molecule has 3 aromatic rings. The summed E-state index contributed by atoms with van der Waals surface area (Å²) in [7, 11) is 2.95. The molecule has 0 radical (unpaired) electrons. The number of hydrogen-bond donors (Lipinski definition) is 2. The number of nitrogens with one attached hydrogen (secondary N) is 1. The summed E-state index contributed by atoms with van der Waals surface area (Å²) in [6.45, 7) is 3.92. The van der Waals surface area contributed by atoms with E-state index in [4.69, 9.17) is 21.1 Å². The van der Waals surface area contributed by atoms with E-state index in [0.29, 0.717) is 16.4 Å². The quantitative estimate of drug-likeness (QED) is 0.629. The van der Waals surface area contributed by atoms with E-state index in [2.05, 4.69) is 10.2 Å². The number of fused-ring (bicyclic) bond motifs is 1. The normalized spacial score (nSPS) is 15.6. The highest BCUT2D eigenvalue weighted by molar-refractivity contribution is 6.30. The first-order valence-electron chi connectivity index (χ1n) is 9.49. The first-order chi connectivity index (χ1) is 14.4. The first kappa shape index (κ1) is 20.1. The standard InChI is InChI=1S/C22H22ClN3O4/c1-11(2)26-20(13-9-15(29-3)21(27)16(10-13)30-4)17-18(24-25-19(17)22(26)28)12-5-7-14(23)8-6-12/h5-11,20,27H,1-4H3,(H,24,25). The van der Waals surface area contributed by atoms with E-state index >= 15 is 0 Å². The van der Waals surface area contributed by atoms with Gasteiger partial charge in [-0.25, -0.2) is 0 Å². The van der Waals surface area contributed by atoms with Crippen LogP contribution < -0.4 is 9.47 Å². The predicted octanol–water partition coefficient (Wildman–Crippen LogP) is 4.41. The number of carbonyl (C=O) groups excluding carboxylic acids is 1. The third-order valence-corrected chi connectivity index (χ3v) is 5.55. The lowest BCUT2D eigenvalue weighted by Gasteiger charge is -2.30. The van der Waals surface area contributed by atoms with Gasteiger partial charge in [-0.05, 0) is 43.7 Å². The highest BCUT2D eigenvalue weighted by atomic mass is 35.5. The Hall–Kier alpha value is -3.19. The molecule has 1 unspecified atom stereocenters. The Balaban J connectivity index is 1.95. The van der Waals surface area contributed by atoms with E-state index in [1.807, 2.05) is 26.0 Å². The lowest BCUT2D eigenvalue weighted by Crippen LogP contribution is -2.35. The van der Waals surface area contributed by atoms with E-state index in [1.54, 1.807) is 29.2 Å². The minimum Gasteiger partial charge on any atom is -0.502 e. The number of phenolic OH excluding ortho intramolecular Hbond substituents is 1. The zero-order chi connectivity index (χ0) is 21.6. The van der Waals surface area contributed by atoms with E-state index < -0.39 is 6.04 Å². The molecule has 0 saturated heterocycles. The van der Waals surface area contributed by atoms with Crippen molar-refractivity contribution in [3.05, 3.63) is 58.2 Å². The second-order valence-electron chi connectivity index (χ2n) is 7.35. The lowest BCUT2D eigenvalue weighted by atomic mass is 9.95. The number of rotatable bonds is 5. The van der Waals surface area contributed by atoms with Crippen molar-refractivity contribution in [1.29, 1.82) is 0 Å². The lowest BCUT2D eigenvalue weighted by molar-refractivity contribution is 0.0687. The topological polar surface area (TPSA) is 87.7 Å². The Morgan fingerprint density at radius 2 is 1.73 bits per heavy atom. The molecule has 0 saturated carbocycles. The minimum absolute atomic E-state index is 0.0767. The summed E-state index contributed by atoms with van der Waals surface area (Å²) in [5.74, 6) is 0.314. The van der Waals surface area contributed by atoms with Gasteiger partial charge in [0.25, 0.3) is 5.91 Å². The van der Waals surface area contributed by atoms with Crippen LogP contribution in [0.5, 0.6) is 17.2 Å². The molecule has 1 aliphatic heterocycles. The molecule has 8 heteroatoms. The van der Waals surface area contributed by atoms with Crippen LogP contribution in [0.15, 0.2) is 36.4 Å². The van der Waals surface area contributed by atoms with Crippen molar-refractivity contribution in [3.8, 4) is 28.5 Å². The molecule has 2 heterocycles. The fourth-order valence-corrected chi connectivity index (χ4v) is 4.05. The fraction of sp³-hybridized carbons (Fsp3) is 0.273. The number of aromatic nitrogens is 2. The highest BCUT2D eigenvalue weighted by Crippen LogP contribution is 2.47. The Labute approximate surface area is 179 Å². The number of nitrogens with zero attached hydrogens (tertiary/aromatic N) is 2. The van der Waals surface area contributed by atoms with Gasteiger partial charge in [-0.1, -0.05) is 23.7 Å². The second-order valence-corrected chi connectivity index (χ2v) is 7.79. The maximum atomic E-state index is 13.2. The minimum atomic E-state index is -0.430. The average Bonchev–Trinajstić information content (AvgIpc) is 3.28. The van der Waals surface area contributed by atoms with Crippen LogP contribution in [0, 0.1) is 0 Å². The maximum Gasteiger partial charge on any atom is 0.273 e. The monoisotopic (exact) mass is 427 g/mol. The molecule has 1 amide bonds. The number of phenols is 1. The van der Waals surface area contributed by atoms with Crippen LogP contribution in [0.4, 0.5) is 0 Å². The third kappa shape index (κ3) is 3.06. The van der Waals surface area contributed by atoms with Crippen LogP contribution >= 0.6 is 11.6 Å². The molecule has 1 aromatic heterocycles. The van der Waals surface area contributed by atoms with Gasteiger partial charge < -0.3 is 19.5 Å². The van der Waals surface area contributed by atoms with Crippen LogP contribution in [-0.4, -0.2) is 46.4 Å². The van der Waals surface area contributed by atoms with Crippen molar-refractivity contribution in [2.45, 2.75) is 25.9 Å². The number of H-pyrrole nitrogens is 1. The van der Waals surface area contributed by atoms with Crippen molar-refractivity contribution in [1.82, 2.24) is 15.1 Å². The number of aromatic amines is 1. The smallest absolute Gasteiger partial charge is 0.273 e. The number of halogens is 1. The summed E-state index contributed by atoms with van der Waals surface area (Å²) < 4.78 is 10.7. The molecule has 1 aliphatic rings. The van der Waals surface area contributed by atoms with Gasteiger partial charge in [0.1, 0.15) is 5.69 Å². The molecule has 30 heavy (non-hydrogen) atoms. The summed E-state index contributed by atoms with van der Waals surface area (Å²) in [6, 6.07) is 10.3. The largest absolute Gasteiger partial charge is 0.502 e. The highest BCUT2D eigenvalue weighted by Gasteiger charge is 2.43. The van der Waals surface area contributed by atoms with Crippen LogP contribution in [-0.2, 0) is 0 Å². The van der Waals surface area contributed by atoms with Gasteiger partial charge in [-0.3, -0.25) is 9.89 Å². The van der Waals surface area contributed by atoms with Crippen LogP contribution in [0.25, 0.3) is 11.3 Å². The molecule has 7 nitrogen and oxygen atoms in total. The van der Waals surface area contributed by atoms with Gasteiger partial charge in [0.2, 0.25) is 5.75 Å². The predicted molar refractivity (Wildman–Crippen MR) is 113 cm³/mol. The van der Waals surface area contributed by atoms with Crippen molar-refractivity contribution in [2.24, 2.45) is 0 Å². The molecule has 0 fully saturated rings. The molecule has 0 bridgehead atoms. The van der Waals surface area contributed by atoms with Gasteiger partial charge >= 0.3 is 0 Å². The molecular weight excluding hydrogens is 406 g/mol. The van der Waals surface area contributed by atoms with Crippen molar-refractivity contribution in [3.63, 3.8) is 0 Å². The Kier molecular flexibility index (Phi) is 5.07. The van der Waals surface area contributed by atoms with E-state index in [1.165, 1.54) is 14.2 Å². The number of amides is 1. The third-order valence-electron chi connectivity index (χ3n) is 5.30. The average molecular weight is 428 g/mol. The molecule has 2 aromatic carbocycles. The van der Waals surface area contributed by atoms with Crippen molar-refractivity contribution in [2.75, 3.05) is 14.2 Å². The zero-order valence-electron chi connectivity index (χ0n) is 17.1. The number of carbonyl (C=O) groups is 1. The molecule has 156 valence electrons. The van der Waals surface area contributed by atoms with E-state index in [9.17, 15) is 9.90 Å². The van der Waals surface area contributed by atoms with Gasteiger partial charge in [0, 0.05) is 22.2 Å². The van der Waals surface area contributed by atoms with Gasteiger partial charge in [0.05, 0.1) is 26.0 Å². The molecular formula is C22H22ClN3O4. The molecule has 1 atom stereocenters. The fourth-order valence-electron chi connectivity index (χ4n) is 3.92. The molecule has 0 spiro atoms. The van der Waals surface area contributed by atoms with Crippen LogP contribution in [0.2, 0.25) is 5.02 Å². The number of aromatic hydroxyl groups is 1. The maximum absolute atomic E-state index is 13.2. The Morgan fingerprint density at radius 1 is 1.13 bits per heavy atom. The van der Waals surface area contributed by atoms with Crippen molar-refractivity contribution >= 4 is 17.5 Å². The Morgan fingerprint density at radius 3 is 2.27 bits per heavy atom. The summed E-state index contributed by atoms with van der Waals surface area (Å²) in [6.07, 6.45) is 0. The number of benzene rings is 2. The summed E-state index contributed by atoms with van der Waals surface area (Å²) in [5.41, 5.74) is 3.49. The summed E-state index contributed by atoms with van der Waals surface area (Å²) in [4.78, 5) is 15.0. The molecule has 2 N–H and O–H groups in total.